The van der Waals surface area contributed by atoms with E-state index in [-0.39, 0.29) is 0 Å². The molecule has 2 N–H and O–H groups in total. The first-order chi connectivity index (χ1) is 8.74. The number of nitrogen functional groups attached to an aromatic ring is 1. The van der Waals surface area contributed by atoms with E-state index in [1.54, 1.807) is 11.3 Å². The lowest BCUT2D eigenvalue weighted by molar-refractivity contribution is 0.780. The van der Waals surface area contributed by atoms with Gasteiger partial charge in [0.2, 0.25) is 0 Å². The normalized spacial score (nSPS) is 14.7. The van der Waals surface area contributed by atoms with Crippen molar-refractivity contribution in [3.05, 3.63) is 40.2 Å². The second kappa shape index (κ2) is 4.61. The molecule has 1 aliphatic carbocycles. The Bertz CT molecular complexity index is 532. The van der Waals surface area contributed by atoms with Gasteiger partial charge in [0, 0.05) is 30.5 Å². The second-order valence-corrected chi connectivity index (χ2v) is 5.67. The van der Waals surface area contributed by atoms with E-state index in [1.165, 1.54) is 18.4 Å². The molecule has 2 heterocycles. The third kappa shape index (κ3) is 2.34. The van der Waals surface area contributed by atoms with E-state index < -0.39 is 0 Å². The molecule has 3 rings (SSSR count). The van der Waals surface area contributed by atoms with Crippen molar-refractivity contribution in [2.24, 2.45) is 0 Å². The van der Waals surface area contributed by atoms with Crippen molar-refractivity contribution in [1.82, 2.24) is 4.98 Å². The molecule has 18 heavy (non-hydrogen) atoms. The molecule has 0 aromatic carbocycles. The molecule has 0 amide bonds. The van der Waals surface area contributed by atoms with Gasteiger partial charge in [-0.25, -0.2) is 4.98 Å². The number of pyridine rings is 1. The molecule has 0 saturated heterocycles. The molecule has 0 bridgehead atoms. The first-order valence-electron chi connectivity index (χ1n) is 6.24. The molecule has 2 aromatic rings. The summed E-state index contributed by atoms with van der Waals surface area (Å²) in [6, 6.07) is 4.82. The molecule has 2 aromatic heterocycles. The lowest BCUT2D eigenvalue weighted by Crippen LogP contribution is -2.25. The fourth-order valence-corrected chi connectivity index (χ4v) is 2.71. The maximum atomic E-state index is 5.99. The summed E-state index contributed by atoms with van der Waals surface area (Å²) in [6.07, 6.45) is 4.40. The van der Waals surface area contributed by atoms with E-state index in [1.807, 2.05) is 19.2 Å². The predicted molar refractivity (Wildman–Crippen MR) is 76.9 cm³/mol. The van der Waals surface area contributed by atoms with Crippen LogP contribution in [0.3, 0.4) is 0 Å². The third-order valence-corrected chi connectivity index (χ3v) is 4.08. The van der Waals surface area contributed by atoms with Crippen molar-refractivity contribution in [1.29, 1.82) is 0 Å². The molecule has 3 nitrogen and oxygen atoms in total. The highest BCUT2D eigenvalue weighted by Crippen LogP contribution is 2.33. The SMILES string of the molecule is Cc1cnc(N(Cc2ccsc2)C2CC2)cc1N. The highest BCUT2D eigenvalue weighted by atomic mass is 32.1. The van der Waals surface area contributed by atoms with Crippen LogP contribution >= 0.6 is 11.3 Å². The first-order valence-corrected chi connectivity index (χ1v) is 7.18. The molecule has 0 aliphatic heterocycles. The zero-order valence-electron chi connectivity index (χ0n) is 10.5. The van der Waals surface area contributed by atoms with E-state index in [9.17, 15) is 0 Å². The number of aryl methyl sites for hydroxylation is 1. The van der Waals surface area contributed by atoms with Crippen LogP contribution in [0.5, 0.6) is 0 Å². The minimum atomic E-state index is 0.638. The number of aromatic nitrogens is 1. The summed E-state index contributed by atoms with van der Waals surface area (Å²) in [5, 5.41) is 4.32. The summed E-state index contributed by atoms with van der Waals surface area (Å²) in [7, 11) is 0. The minimum absolute atomic E-state index is 0.638. The van der Waals surface area contributed by atoms with E-state index in [2.05, 4.69) is 26.7 Å². The standard InChI is InChI=1S/C14H17N3S/c1-10-7-16-14(6-13(10)15)17(12-2-3-12)8-11-4-5-18-9-11/h4-7,9,12H,2-3,8H2,1H3,(H2,15,16). The van der Waals surface area contributed by atoms with Crippen LogP contribution in [-0.2, 0) is 6.54 Å². The first kappa shape index (κ1) is 11.5. The summed E-state index contributed by atoms with van der Waals surface area (Å²) >= 11 is 1.74. The monoisotopic (exact) mass is 259 g/mol. The molecule has 4 heteroatoms. The molecule has 0 atom stereocenters. The fraction of sp³-hybridized carbons (Fsp3) is 0.357. The lowest BCUT2D eigenvalue weighted by Gasteiger charge is -2.23. The van der Waals surface area contributed by atoms with Crippen molar-refractivity contribution in [2.75, 3.05) is 10.6 Å². The maximum absolute atomic E-state index is 5.99. The Morgan fingerprint density at radius 3 is 2.94 bits per heavy atom. The van der Waals surface area contributed by atoms with Crippen molar-refractivity contribution in [3.8, 4) is 0 Å². The predicted octanol–water partition coefficient (Wildman–Crippen LogP) is 3.20. The molecular weight excluding hydrogens is 242 g/mol. The number of hydrogen-bond acceptors (Lipinski definition) is 4. The van der Waals surface area contributed by atoms with Crippen LogP contribution in [0.15, 0.2) is 29.1 Å². The van der Waals surface area contributed by atoms with E-state index in [0.717, 1.165) is 23.6 Å². The summed E-state index contributed by atoms with van der Waals surface area (Å²) < 4.78 is 0. The van der Waals surface area contributed by atoms with Gasteiger partial charge in [-0.2, -0.15) is 11.3 Å². The van der Waals surface area contributed by atoms with Crippen LogP contribution in [0.4, 0.5) is 11.5 Å². The molecule has 0 radical (unpaired) electrons. The molecule has 0 unspecified atom stereocenters. The number of anilines is 2. The number of rotatable bonds is 4. The molecular formula is C14H17N3S. The third-order valence-electron chi connectivity index (χ3n) is 3.35. The van der Waals surface area contributed by atoms with Crippen molar-refractivity contribution in [3.63, 3.8) is 0 Å². The second-order valence-electron chi connectivity index (χ2n) is 4.89. The Morgan fingerprint density at radius 1 is 1.50 bits per heavy atom. The number of thiophene rings is 1. The fourth-order valence-electron chi connectivity index (χ4n) is 2.05. The molecule has 0 spiro atoms. The van der Waals surface area contributed by atoms with E-state index in [4.69, 9.17) is 5.73 Å². The maximum Gasteiger partial charge on any atom is 0.131 e. The summed E-state index contributed by atoms with van der Waals surface area (Å²) in [5.74, 6) is 1.01. The Balaban J connectivity index is 1.86. The Morgan fingerprint density at radius 2 is 2.33 bits per heavy atom. The van der Waals surface area contributed by atoms with Gasteiger partial charge in [-0.15, -0.1) is 0 Å². The largest absolute Gasteiger partial charge is 0.398 e. The van der Waals surface area contributed by atoms with Crippen molar-refractivity contribution >= 4 is 22.8 Å². The van der Waals surface area contributed by atoms with Gasteiger partial charge in [0.1, 0.15) is 5.82 Å². The summed E-state index contributed by atoms with van der Waals surface area (Å²) in [6.45, 7) is 2.93. The zero-order valence-corrected chi connectivity index (χ0v) is 11.3. The Hall–Kier alpha value is -1.55. The van der Waals surface area contributed by atoms with Gasteiger partial charge in [-0.3, -0.25) is 0 Å². The van der Waals surface area contributed by atoms with Gasteiger partial charge in [0.05, 0.1) is 0 Å². The van der Waals surface area contributed by atoms with E-state index >= 15 is 0 Å². The quantitative estimate of drug-likeness (QED) is 0.916. The number of nitrogens with zero attached hydrogens (tertiary/aromatic N) is 2. The van der Waals surface area contributed by atoms with Crippen LogP contribution in [0.1, 0.15) is 24.0 Å². The van der Waals surface area contributed by atoms with Crippen LogP contribution in [0.25, 0.3) is 0 Å². The highest BCUT2D eigenvalue weighted by molar-refractivity contribution is 7.07. The molecule has 1 saturated carbocycles. The van der Waals surface area contributed by atoms with Crippen molar-refractivity contribution < 1.29 is 0 Å². The number of nitrogens with two attached hydrogens (primary N) is 1. The van der Waals surface area contributed by atoms with E-state index in [0.29, 0.717) is 6.04 Å². The Kier molecular flexibility index (Phi) is 2.96. The van der Waals surface area contributed by atoms with Gasteiger partial charge >= 0.3 is 0 Å². The van der Waals surface area contributed by atoms with Crippen molar-refractivity contribution in [2.45, 2.75) is 32.4 Å². The van der Waals surface area contributed by atoms with Crippen LogP contribution in [-0.4, -0.2) is 11.0 Å². The highest BCUT2D eigenvalue weighted by Gasteiger charge is 2.30. The average Bonchev–Trinajstić information content (AvgIpc) is 3.07. The Labute approximate surface area is 111 Å². The van der Waals surface area contributed by atoms with Crippen LogP contribution in [0, 0.1) is 6.92 Å². The van der Waals surface area contributed by atoms with Gasteiger partial charge in [-0.05, 0) is 47.7 Å². The van der Waals surface area contributed by atoms with Crippen LogP contribution < -0.4 is 10.6 Å². The van der Waals surface area contributed by atoms with Gasteiger partial charge < -0.3 is 10.6 Å². The lowest BCUT2D eigenvalue weighted by atomic mass is 10.2. The summed E-state index contributed by atoms with van der Waals surface area (Å²) in [5.41, 5.74) is 9.22. The van der Waals surface area contributed by atoms with Gasteiger partial charge in [0.25, 0.3) is 0 Å². The average molecular weight is 259 g/mol. The zero-order chi connectivity index (χ0) is 12.5. The molecule has 1 aliphatic rings. The number of hydrogen-bond donors (Lipinski definition) is 1. The topological polar surface area (TPSA) is 42.2 Å². The minimum Gasteiger partial charge on any atom is -0.398 e. The van der Waals surface area contributed by atoms with Crippen LogP contribution in [0.2, 0.25) is 0 Å². The smallest absolute Gasteiger partial charge is 0.131 e. The summed E-state index contributed by atoms with van der Waals surface area (Å²) in [4.78, 5) is 6.90. The van der Waals surface area contributed by atoms with Gasteiger partial charge in [0.15, 0.2) is 0 Å². The molecule has 1 fully saturated rings. The molecule has 94 valence electrons. The van der Waals surface area contributed by atoms with Gasteiger partial charge in [-0.1, -0.05) is 0 Å².